The second kappa shape index (κ2) is 4.49. The van der Waals surface area contributed by atoms with Gasteiger partial charge >= 0.3 is 0 Å². The molecule has 0 atom stereocenters. The molecule has 0 aliphatic carbocycles. The van der Waals surface area contributed by atoms with E-state index in [1.165, 1.54) is 6.07 Å². The van der Waals surface area contributed by atoms with Gasteiger partial charge in [0.05, 0.1) is 4.90 Å². The van der Waals surface area contributed by atoms with Crippen LogP contribution < -0.4 is 0 Å². The maximum Gasteiger partial charge on any atom is 0.171 e. The second-order valence-corrected chi connectivity index (χ2v) is 4.05. The molecular formula is C13H12O2S. The van der Waals surface area contributed by atoms with E-state index < -0.39 is 0 Å². The van der Waals surface area contributed by atoms with Gasteiger partial charge in [-0.3, -0.25) is 0 Å². The Bertz CT molecular complexity index is 495. The fourth-order valence-electron chi connectivity index (χ4n) is 1.57. The van der Waals surface area contributed by atoms with Crippen LogP contribution in [0.3, 0.4) is 0 Å². The monoisotopic (exact) mass is 232 g/mol. The number of benzene rings is 2. The van der Waals surface area contributed by atoms with Crippen LogP contribution in [0.15, 0.2) is 47.4 Å². The molecule has 0 unspecified atom stereocenters. The van der Waals surface area contributed by atoms with Crippen LogP contribution in [0.25, 0.3) is 0 Å². The third-order valence-electron chi connectivity index (χ3n) is 2.45. The van der Waals surface area contributed by atoms with Crippen molar-refractivity contribution in [2.75, 3.05) is 0 Å². The molecule has 0 bridgehead atoms. The van der Waals surface area contributed by atoms with Crippen molar-refractivity contribution in [3.8, 4) is 11.5 Å². The average Bonchev–Trinajstić information content (AvgIpc) is 2.31. The Hall–Kier alpha value is -1.61. The van der Waals surface area contributed by atoms with Crippen LogP contribution in [-0.4, -0.2) is 10.2 Å². The van der Waals surface area contributed by atoms with Crippen molar-refractivity contribution >= 4 is 12.6 Å². The molecule has 2 aromatic rings. The van der Waals surface area contributed by atoms with Gasteiger partial charge < -0.3 is 10.2 Å². The summed E-state index contributed by atoms with van der Waals surface area (Å²) >= 11 is 4.20. The first-order chi connectivity index (χ1) is 7.68. The van der Waals surface area contributed by atoms with Crippen molar-refractivity contribution < 1.29 is 10.2 Å². The molecule has 0 aromatic heterocycles. The molecule has 0 amide bonds. The standard InChI is InChI=1S/C13H12O2S/c14-11-7-6-10(13(16)12(11)15)8-9-4-2-1-3-5-9/h1-7,14-16H,8H2. The van der Waals surface area contributed by atoms with Gasteiger partial charge in [-0.1, -0.05) is 36.4 Å². The van der Waals surface area contributed by atoms with Gasteiger partial charge in [0.1, 0.15) is 0 Å². The Morgan fingerprint density at radius 3 is 2.31 bits per heavy atom. The largest absolute Gasteiger partial charge is 0.504 e. The third-order valence-corrected chi connectivity index (χ3v) is 2.95. The predicted molar refractivity (Wildman–Crippen MR) is 66.3 cm³/mol. The summed E-state index contributed by atoms with van der Waals surface area (Å²) in [6, 6.07) is 13.2. The van der Waals surface area contributed by atoms with Gasteiger partial charge in [0.2, 0.25) is 0 Å². The van der Waals surface area contributed by atoms with Gasteiger partial charge in [-0.05, 0) is 23.6 Å². The van der Waals surface area contributed by atoms with Gasteiger partial charge in [-0.25, -0.2) is 0 Å². The minimum Gasteiger partial charge on any atom is -0.504 e. The molecule has 82 valence electrons. The molecule has 0 spiro atoms. The molecule has 0 fully saturated rings. The smallest absolute Gasteiger partial charge is 0.171 e. The van der Waals surface area contributed by atoms with Crippen LogP contribution in [0.5, 0.6) is 11.5 Å². The first-order valence-corrected chi connectivity index (χ1v) is 5.40. The number of phenolic OH excluding ortho intramolecular Hbond substituents is 2. The minimum absolute atomic E-state index is 0.137. The number of hydrogen-bond donors (Lipinski definition) is 3. The third kappa shape index (κ3) is 2.14. The zero-order chi connectivity index (χ0) is 11.5. The zero-order valence-electron chi connectivity index (χ0n) is 8.59. The molecule has 0 heterocycles. The van der Waals surface area contributed by atoms with Crippen molar-refractivity contribution in [3.05, 3.63) is 53.6 Å². The van der Waals surface area contributed by atoms with Crippen molar-refractivity contribution in [1.29, 1.82) is 0 Å². The van der Waals surface area contributed by atoms with Gasteiger partial charge in [-0.2, -0.15) is 0 Å². The molecule has 0 saturated carbocycles. The van der Waals surface area contributed by atoms with Crippen LogP contribution in [0, 0.1) is 0 Å². The maximum absolute atomic E-state index is 9.54. The number of aromatic hydroxyl groups is 2. The molecule has 0 aliphatic rings. The summed E-state index contributed by atoms with van der Waals surface area (Å²) in [6.45, 7) is 0. The highest BCUT2D eigenvalue weighted by Crippen LogP contribution is 2.34. The van der Waals surface area contributed by atoms with Crippen LogP contribution in [0.1, 0.15) is 11.1 Å². The van der Waals surface area contributed by atoms with Gasteiger partial charge in [0.15, 0.2) is 11.5 Å². The number of phenols is 2. The summed E-state index contributed by atoms with van der Waals surface area (Å²) in [7, 11) is 0. The van der Waals surface area contributed by atoms with E-state index in [-0.39, 0.29) is 11.5 Å². The van der Waals surface area contributed by atoms with Gasteiger partial charge in [-0.15, -0.1) is 12.6 Å². The summed E-state index contributed by atoms with van der Waals surface area (Å²) in [5.74, 6) is -0.293. The Balaban J connectivity index is 2.33. The lowest BCUT2D eigenvalue weighted by molar-refractivity contribution is 0.394. The molecule has 2 nitrogen and oxygen atoms in total. The van der Waals surface area contributed by atoms with Crippen molar-refractivity contribution in [1.82, 2.24) is 0 Å². The molecule has 2 aromatic carbocycles. The first-order valence-electron chi connectivity index (χ1n) is 4.95. The summed E-state index contributed by atoms with van der Waals surface area (Å²) in [4.78, 5) is 0.434. The van der Waals surface area contributed by atoms with Crippen molar-refractivity contribution in [2.24, 2.45) is 0 Å². The molecule has 0 saturated heterocycles. The molecule has 0 radical (unpaired) electrons. The van der Waals surface area contributed by atoms with E-state index in [0.717, 1.165) is 11.1 Å². The lowest BCUT2D eigenvalue weighted by Crippen LogP contribution is -1.90. The van der Waals surface area contributed by atoms with Crippen LogP contribution in [0.2, 0.25) is 0 Å². The first kappa shape index (κ1) is 10.9. The highest BCUT2D eigenvalue weighted by molar-refractivity contribution is 7.80. The van der Waals surface area contributed by atoms with Crippen LogP contribution in [-0.2, 0) is 6.42 Å². The summed E-state index contributed by atoms with van der Waals surface area (Å²) in [6.07, 6.45) is 0.688. The summed E-state index contributed by atoms with van der Waals surface area (Å²) in [5, 5.41) is 18.8. The molecule has 2 rings (SSSR count). The average molecular weight is 232 g/mol. The number of hydrogen-bond acceptors (Lipinski definition) is 3. The normalized spacial score (nSPS) is 10.3. The molecule has 16 heavy (non-hydrogen) atoms. The lowest BCUT2D eigenvalue weighted by Gasteiger charge is -2.08. The van der Waals surface area contributed by atoms with Crippen LogP contribution in [0.4, 0.5) is 0 Å². The Labute approximate surface area is 99.6 Å². The molecule has 0 aliphatic heterocycles. The zero-order valence-corrected chi connectivity index (χ0v) is 9.48. The quantitative estimate of drug-likeness (QED) is 0.550. The van der Waals surface area contributed by atoms with Crippen molar-refractivity contribution in [2.45, 2.75) is 11.3 Å². The fraction of sp³-hybridized carbons (Fsp3) is 0.0769. The van der Waals surface area contributed by atoms with E-state index in [1.807, 2.05) is 30.3 Å². The maximum atomic E-state index is 9.54. The Morgan fingerprint density at radius 1 is 0.938 bits per heavy atom. The number of thiol groups is 1. The van der Waals surface area contributed by atoms with E-state index in [0.29, 0.717) is 11.3 Å². The SMILES string of the molecule is Oc1ccc(Cc2ccccc2)c(S)c1O. The Morgan fingerprint density at radius 2 is 1.62 bits per heavy atom. The second-order valence-electron chi connectivity index (χ2n) is 3.60. The van der Waals surface area contributed by atoms with Crippen LogP contribution >= 0.6 is 12.6 Å². The minimum atomic E-state index is -0.156. The topological polar surface area (TPSA) is 40.5 Å². The molecular weight excluding hydrogens is 220 g/mol. The molecule has 2 N–H and O–H groups in total. The fourth-order valence-corrected chi connectivity index (χ4v) is 1.84. The lowest BCUT2D eigenvalue weighted by atomic mass is 10.0. The summed E-state index contributed by atoms with van der Waals surface area (Å²) < 4.78 is 0. The van der Waals surface area contributed by atoms with E-state index >= 15 is 0 Å². The highest BCUT2D eigenvalue weighted by Gasteiger charge is 2.08. The van der Waals surface area contributed by atoms with E-state index in [1.54, 1.807) is 6.07 Å². The van der Waals surface area contributed by atoms with Gasteiger partial charge in [0, 0.05) is 0 Å². The van der Waals surface area contributed by atoms with Gasteiger partial charge in [0.25, 0.3) is 0 Å². The summed E-state index contributed by atoms with van der Waals surface area (Å²) in [5.41, 5.74) is 2.03. The van der Waals surface area contributed by atoms with Crippen molar-refractivity contribution in [3.63, 3.8) is 0 Å². The predicted octanol–water partition coefficient (Wildman–Crippen LogP) is 2.98. The molecule has 3 heteroatoms. The van der Waals surface area contributed by atoms with E-state index in [2.05, 4.69) is 12.6 Å². The number of rotatable bonds is 2. The van der Waals surface area contributed by atoms with E-state index in [9.17, 15) is 10.2 Å². The van der Waals surface area contributed by atoms with E-state index in [4.69, 9.17) is 0 Å². The highest BCUT2D eigenvalue weighted by atomic mass is 32.1. The Kier molecular flexibility index (Phi) is 3.06.